The Kier molecular flexibility index (Phi) is 38.5. The molecule has 0 aromatic carbocycles. The van der Waals surface area contributed by atoms with Crippen LogP contribution in [0.25, 0.3) is 0 Å². The van der Waals surface area contributed by atoms with E-state index in [0.29, 0.717) is 12.8 Å². The standard InChI is InChI=1S/C50H95O13P/c1-3-5-7-9-11-13-15-17-19-21-23-25-27-29-31-33-35-37-39-44(52)62-42(41-61-64(58,59)63-50-48(56)46(54)45(53)47(55)49(50)57)40-60-43(51)38-36-34-32-30-28-26-24-22-20-18-16-14-12-10-8-6-4-2/h14,16,42,45-50,53-57H,3-13,15,17-41H2,1-2H3,(H,58,59)/b16-14+/t42-,45?,46+,47?,48?,49?,50?/m1/s1. The van der Waals surface area contributed by atoms with Crippen molar-refractivity contribution in [3.63, 3.8) is 0 Å². The molecule has 0 aliphatic heterocycles. The van der Waals surface area contributed by atoms with Crippen molar-refractivity contribution in [2.45, 2.75) is 281 Å². The molecule has 0 heterocycles. The second-order valence-corrected chi connectivity index (χ2v) is 19.8. The number of rotatable bonds is 44. The Morgan fingerprint density at radius 3 is 1.20 bits per heavy atom. The third-order valence-electron chi connectivity index (χ3n) is 12.4. The molecule has 0 bridgehead atoms. The molecule has 0 spiro atoms. The van der Waals surface area contributed by atoms with Crippen LogP contribution in [0.5, 0.6) is 0 Å². The number of carbonyl (C=O) groups is 2. The van der Waals surface area contributed by atoms with Gasteiger partial charge in [0.05, 0.1) is 6.61 Å². The molecule has 0 amide bonds. The van der Waals surface area contributed by atoms with Crippen molar-refractivity contribution < 1.29 is 63.1 Å². The van der Waals surface area contributed by atoms with Crippen molar-refractivity contribution in [3.05, 3.63) is 12.2 Å². The summed E-state index contributed by atoms with van der Waals surface area (Å²) in [5.74, 6) is -1.09. The number of unbranched alkanes of at least 4 members (excludes halogenated alkanes) is 30. The molecule has 6 N–H and O–H groups in total. The lowest BCUT2D eigenvalue weighted by molar-refractivity contribution is -0.220. The number of hydrogen-bond donors (Lipinski definition) is 6. The highest BCUT2D eigenvalue weighted by Gasteiger charge is 2.51. The number of allylic oxidation sites excluding steroid dienone is 2. The molecule has 13 nitrogen and oxygen atoms in total. The Labute approximate surface area is 388 Å². The van der Waals surface area contributed by atoms with Gasteiger partial charge < -0.3 is 39.9 Å². The predicted molar refractivity (Wildman–Crippen MR) is 254 cm³/mol. The third-order valence-corrected chi connectivity index (χ3v) is 13.3. The lowest BCUT2D eigenvalue weighted by atomic mass is 9.85. The zero-order chi connectivity index (χ0) is 47.1. The molecule has 8 atom stereocenters. The van der Waals surface area contributed by atoms with Crippen molar-refractivity contribution in [3.8, 4) is 0 Å². The summed E-state index contributed by atoms with van der Waals surface area (Å²) in [7, 11) is -5.12. The smallest absolute Gasteiger partial charge is 0.462 e. The monoisotopic (exact) mass is 935 g/mol. The summed E-state index contributed by atoms with van der Waals surface area (Å²) in [5.41, 5.74) is 0. The molecule has 6 unspecified atom stereocenters. The lowest BCUT2D eigenvalue weighted by Gasteiger charge is -2.41. The summed E-state index contributed by atoms with van der Waals surface area (Å²) in [6.45, 7) is 3.33. The maximum Gasteiger partial charge on any atom is 0.472 e. The molecule has 1 fully saturated rings. The molecule has 378 valence electrons. The summed E-state index contributed by atoms with van der Waals surface area (Å²) < 4.78 is 33.7. The zero-order valence-electron chi connectivity index (χ0n) is 40.3. The fraction of sp³-hybridized carbons (Fsp3) is 0.920. The van der Waals surface area contributed by atoms with Gasteiger partial charge in [0, 0.05) is 12.8 Å². The summed E-state index contributed by atoms with van der Waals surface area (Å²) in [6.07, 6.45) is 31.1. The summed E-state index contributed by atoms with van der Waals surface area (Å²) in [6, 6.07) is 0. The topological polar surface area (TPSA) is 210 Å². The van der Waals surface area contributed by atoms with Crippen LogP contribution in [-0.4, -0.2) is 98.3 Å². The molecule has 1 rings (SSSR count). The maximum atomic E-state index is 12.8. The minimum Gasteiger partial charge on any atom is -0.462 e. The van der Waals surface area contributed by atoms with Gasteiger partial charge in [-0.25, -0.2) is 4.57 Å². The van der Waals surface area contributed by atoms with E-state index in [9.17, 15) is 44.6 Å². The summed E-state index contributed by atoms with van der Waals surface area (Å²) >= 11 is 0. The van der Waals surface area contributed by atoms with Crippen molar-refractivity contribution in [2.24, 2.45) is 0 Å². The molecule has 0 saturated heterocycles. The van der Waals surface area contributed by atoms with Crippen molar-refractivity contribution in [1.29, 1.82) is 0 Å². The van der Waals surface area contributed by atoms with Crippen LogP contribution in [0.3, 0.4) is 0 Å². The molecule has 64 heavy (non-hydrogen) atoms. The maximum absolute atomic E-state index is 12.8. The first-order valence-electron chi connectivity index (χ1n) is 26.0. The summed E-state index contributed by atoms with van der Waals surface area (Å²) in [5, 5.41) is 50.3. The van der Waals surface area contributed by atoms with Crippen molar-refractivity contribution in [1.82, 2.24) is 0 Å². The van der Waals surface area contributed by atoms with Crippen LogP contribution in [0.15, 0.2) is 12.2 Å². The number of aliphatic hydroxyl groups excluding tert-OH is 5. The minimum absolute atomic E-state index is 0.103. The largest absolute Gasteiger partial charge is 0.472 e. The SMILES string of the molecule is CCCCCC/C=C/CCCCCCCCCCCC(=O)OC[C@H](COP(=O)(O)OC1C(O)C(O)C(O)[C@H](O)C1O)OC(=O)CCCCCCCCCCCCCCCCCCCC. The van der Waals surface area contributed by atoms with Gasteiger partial charge in [-0.2, -0.15) is 0 Å². The lowest BCUT2D eigenvalue weighted by Crippen LogP contribution is -2.64. The third kappa shape index (κ3) is 32.3. The van der Waals surface area contributed by atoms with Crippen molar-refractivity contribution in [2.75, 3.05) is 13.2 Å². The first-order valence-corrected chi connectivity index (χ1v) is 27.5. The van der Waals surface area contributed by atoms with Crippen LogP contribution in [-0.2, 0) is 32.7 Å². The normalized spacial score (nSPS) is 21.6. The van der Waals surface area contributed by atoms with Gasteiger partial charge in [-0.1, -0.05) is 199 Å². The molecule has 0 aromatic rings. The van der Waals surface area contributed by atoms with Crippen LogP contribution in [0.4, 0.5) is 0 Å². The van der Waals surface area contributed by atoms with E-state index in [1.807, 2.05) is 0 Å². The number of phosphoric acid groups is 1. The van der Waals surface area contributed by atoms with E-state index in [1.165, 1.54) is 154 Å². The minimum atomic E-state index is -5.12. The van der Waals surface area contributed by atoms with Crippen LogP contribution in [0, 0.1) is 0 Å². The highest BCUT2D eigenvalue weighted by molar-refractivity contribution is 7.47. The highest BCUT2D eigenvalue weighted by atomic mass is 31.2. The summed E-state index contributed by atoms with van der Waals surface area (Å²) in [4.78, 5) is 35.8. The van der Waals surface area contributed by atoms with Gasteiger partial charge in [0.2, 0.25) is 0 Å². The Hall–Kier alpha value is -1.41. The molecule has 1 aliphatic rings. The van der Waals surface area contributed by atoms with E-state index in [1.54, 1.807) is 0 Å². The quantitative estimate of drug-likeness (QED) is 0.0146. The fourth-order valence-electron chi connectivity index (χ4n) is 8.17. The van der Waals surface area contributed by atoms with E-state index in [4.69, 9.17) is 18.5 Å². The van der Waals surface area contributed by atoms with E-state index < -0.39 is 75.7 Å². The van der Waals surface area contributed by atoms with Gasteiger partial charge in [0.25, 0.3) is 0 Å². The van der Waals surface area contributed by atoms with Gasteiger partial charge in [-0.3, -0.25) is 18.6 Å². The average molecular weight is 935 g/mol. The van der Waals surface area contributed by atoms with Gasteiger partial charge in [-0.05, 0) is 38.5 Å². The van der Waals surface area contributed by atoms with Crippen LogP contribution in [0.2, 0.25) is 0 Å². The molecule has 0 aromatic heterocycles. The van der Waals surface area contributed by atoms with Gasteiger partial charge in [0.1, 0.15) is 43.2 Å². The van der Waals surface area contributed by atoms with Crippen LogP contribution >= 0.6 is 7.82 Å². The first-order chi connectivity index (χ1) is 30.9. The fourth-order valence-corrected chi connectivity index (χ4v) is 9.14. The number of ether oxygens (including phenoxy) is 2. The Balaban J connectivity index is 2.38. The average Bonchev–Trinajstić information content (AvgIpc) is 3.28. The number of aliphatic hydroxyl groups is 5. The molecular formula is C50H95O13P. The zero-order valence-corrected chi connectivity index (χ0v) is 41.2. The van der Waals surface area contributed by atoms with Gasteiger partial charge >= 0.3 is 19.8 Å². The molecule has 1 saturated carbocycles. The number of carbonyl (C=O) groups excluding carboxylic acids is 2. The molecule has 1 aliphatic carbocycles. The highest BCUT2D eigenvalue weighted by Crippen LogP contribution is 2.47. The van der Waals surface area contributed by atoms with E-state index in [-0.39, 0.29) is 12.8 Å². The van der Waals surface area contributed by atoms with Gasteiger partial charge in [-0.15, -0.1) is 0 Å². The van der Waals surface area contributed by atoms with E-state index >= 15 is 0 Å². The van der Waals surface area contributed by atoms with E-state index in [2.05, 4.69) is 26.0 Å². The van der Waals surface area contributed by atoms with Crippen molar-refractivity contribution >= 4 is 19.8 Å². The number of hydrogen-bond acceptors (Lipinski definition) is 12. The molecular weight excluding hydrogens is 840 g/mol. The Bertz CT molecular complexity index is 1170. The second kappa shape index (κ2) is 40.6. The van der Waals surface area contributed by atoms with Crippen LogP contribution < -0.4 is 0 Å². The number of esters is 2. The number of phosphoric ester groups is 1. The molecule has 14 heteroatoms. The van der Waals surface area contributed by atoms with Gasteiger partial charge in [0.15, 0.2) is 6.10 Å². The molecule has 0 radical (unpaired) electrons. The Morgan fingerprint density at radius 2 is 0.797 bits per heavy atom. The van der Waals surface area contributed by atoms with E-state index in [0.717, 1.165) is 44.9 Å². The Morgan fingerprint density at radius 1 is 0.469 bits per heavy atom. The second-order valence-electron chi connectivity index (χ2n) is 18.4. The first kappa shape index (κ1) is 60.6. The van der Waals surface area contributed by atoms with Crippen LogP contribution in [0.1, 0.15) is 239 Å². The predicted octanol–water partition coefficient (Wildman–Crippen LogP) is 11.0.